The number of rotatable bonds is 4. The van der Waals surface area contributed by atoms with Gasteiger partial charge in [0.15, 0.2) is 0 Å². The molecule has 0 atom stereocenters. The molecule has 1 aliphatic rings. The number of ether oxygens (including phenoxy) is 1. The number of hydrogen-bond acceptors (Lipinski definition) is 4. The van der Waals surface area contributed by atoms with Gasteiger partial charge in [0.1, 0.15) is 5.75 Å². The van der Waals surface area contributed by atoms with E-state index in [4.69, 9.17) is 14.0 Å². The van der Waals surface area contributed by atoms with E-state index in [1.54, 1.807) is 7.11 Å². The zero-order valence-corrected chi connectivity index (χ0v) is 15.5. The highest BCUT2D eigenvalue weighted by molar-refractivity contribution is 6.56. The van der Waals surface area contributed by atoms with Crippen LogP contribution in [0.2, 0.25) is 0 Å². The lowest BCUT2D eigenvalue weighted by Crippen LogP contribution is -2.41. The molecule has 5 heteroatoms. The standard InChI is InChI=1S/C20H25BO4/c1-19(2)20(3,4)25-21(24-19)15(13-22)12-17-16-9-7-6-8-14(16)10-11-18(17)23-5/h6-12,22H,13H2,1-5H3. The molecule has 1 heterocycles. The first-order valence-electron chi connectivity index (χ1n) is 8.52. The van der Waals surface area contributed by atoms with Crippen LogP contribution in [0.4, 0.5) is 0 Å². The first-order chi connectivity index (χ1) is 11.8. The van der Waals surface area contributed by atoms with Crippen molar-refractivity contribution in [1.29, 1.82) is 0 Å². The van der Waals surface area contributed by atoms with Crippen molar-refractivity contribution in [2.24, 2.45) is 0 Å². The van der Waals surface area contributed by atoms with Gasteiger partial charge in [-0.15, -0.1) is 0 Å². The van der Waals surface area contributed by atoms with E-state index in [1.807, 2.05) is 64.1 Å². The molecule has 0 aromatic heterocycles. The molecule has 0 unspecified atom stereocenters. The van der Waals surface area contributed by atoms with Crippen LogP contribution in [0, 0.1) is 0 Å². The maximum Gasteiger partial charge on any atom is 0.492 e. The maximum absolute atomic E-state index is 9.95. The van der Waals surface area contributed by atoms with Crippen molar-refractivity contribution in [2.45, 2.75) is 38.9 Å². The highest BCUT2D eigenvalue weighted by Crippen LogP contribution is 2.39. The second-order valence-corrected chi connectivity index (χ2v) is 7.37. The summed E-state index contributed by atoms with van der Waals surface area (Å²) in [5.41, 5.74) is 0.691. The summed E-state index contributed by atoms with van der Waals surface area (Å²) < 4.78 is 17.7. The normalized spacial score (nSPS) is 19.4. The van der Waals surface area contributed by atoms with Gasteiger partial charge in [0.05, 0.1) is 24.9 Å². The number of benzene rings is 2. The van der Waals surface area contributed by atoms with Gasteiger partial charge in [0.2, 0.25) is 0 Å². The van der Waals surface area contributed by atoms with Crippen LogP contribution in [0.1, 0.15) is 33.3 Å². The molecule has 1 aliphatic heterocycles. The third kappa shape index (κ3) is 3.20. The molecular formula is C20H25BO4. The van der Waals surface area contributed by atoms with Crippen LogP contribution in [-0.4, -0.2) is 37.1 Å². The molecule has 1 N–H and O–H groups in total. The van der Waals surface area contributed by atoms with E-state index in [1.165, 1.54) is 0 Å². The van der Waals surface area contributed by atoms with Crippen LogP contribution in [0.15, 0.2) is 41.9 Å². The third-order valence-corrected chi connectivity index (χ3v) is 5.22. The topological polar surface area (TPSA) is 47.9 Å². The molecule has 2 aromatic rings. The second-order valence-electron chi connectivity index (χ2n) is 7.37. The van der Waals surface area contributed by atoms with Crippen molar-refractivity contribution in [3.63, 3.8) is 0 Å². The summed E-state index contributed by atoms with van der Waals surface area (Å²) in [6.45, 7) is 7.85. The minimum atomic E-state index is -0.585. The number of fused-ring (bicyclic) bond motifs is 1. The lowest BCUT2D eigenvalue weighted by Gasteiger charge is -2.32. The van der Waals surface area contributed by atoms with Crippen molar-refractivity contribution in [2.75, 3.05) is 13.7 Å². The Labute approximate surface area is 149 Å². The smallest absolute Gasteiger partial charge is 0.492 e. The van der Waals surface area contributed by atoms with Gasteiger partial charge in [-0.2, -0.15) is 0 Å². The highest BCUT2D eigenvalue weighted by atomic mass is 16.7. The average molecular weight is 340 g/mol. The molecule has 0 radical (unpaired) electrons. The summed E-state index contributed by atoms with van der Waals surface area (Å²) in [6.07, 6.45) is 1.92. The van der Waals surface area contributed by atoms with Crippen LogP contribution in [0.3, 0.4) is 0 Å². The van der Waals surface area contributed by atoms with Gasteiger partial charge in [-0.05, 0) is 50.0 Å². The molecule has 0 spiro atoms. The Morgan fingerprint density at radius 3 is 2.32 bits per heavy atom. The predicted octanol–water partition coefficient (Wildman–Crippen LogP) is 3.86. The fourth-order valence-corrected chi connectivity index (χ4v) is 2.97. The van der Waals surface area contributed by atoms with Crippen molar-refractivity contribution >= 4 is 24.0 Å². The van der Waals surface area contributed by atoms with Crippen molar-refractivity contribution in [3.05, 3.63) is 47.4 Å². The summed E-state index contributed by atoms with van der Waals surface area (Å²) >= 11 is 0. The Bertz CT molecular complexity index is 794. The van der Waals surface area contributed by atoms with Crippen LogP contribution in [0.5, 0.6) is 5.75 Å². The van der Waals surface area contributed by atoms with E-state index in [0.717, 1.165) is 22.1 Å². The Kier molecular flexibility index (Phi) is 4.67. The molecule has 1 fully saturated rings. The van der Waals surface area contributed by atoms with E-state index in [-0.39, 0.29) is 6.61 Å². The van der Waals surface area contributed by atoms with Gasteiger partial charge in [0.25, 0.3) is 0 Å². The van der Waals surface area contributed by atoms with Gasteiger partial charge >= 0.3 is 7.12 Å². The minimum Gasteiger partial charge on any atom is -0.496 e. The Hall–Kier alpha value is -1.82. The summed E-state index contributed by atoms with van der Waals surface area (Å²) in [6, 6.07) is 12.1. The lowest BCUT2D eigenvalue weighted by atomic mass is 9.77. The van der Waals surface area contributed by atoms with E-state index in [9.17, 15) is 5.11 Å². The fourth-order valence-electron chi connectivity index (χ4n) is 2.97. The number of aliphatic hydroxyl groups is 1. The molecule has 2 aromatic carbocycles. The number of hydrogen-bond donors (Lipinski definition) is 1. The largest absolute Gasteiger partial charge is 0.496 e. The molecule has 0 bridgehead atoms. The van der Waals surface area contributed by atoms with Crippen molar-refractivity contribution < 1.29 is 19.2 Å². The van der Waals surface area contributed by atoms with Crippen molar-refractivity contribution in [1.82, 2.24) is 0 Å². The fraction of sp³-hybridized carbons (Fsp3) is 0.400. The quantitative estimate of drug-likeness (QED) is 0.859. The molecule has 1 saturated heterocycles. The third-order valence-electron chi connectivity index (χ3n) is 5.22. The Morgan fingerprint density at radius 2 is 1.72 bits per heavy atom. The van der Waals surface area contributed by atoms with Crippen molar-refractivity contribution in [3.8, 4) is 5.75 Å². The zero-order chi connectivity index (χ0) is 18.2. The van der Waals surface area contributed by atoms with E-state index in [0.29, 0.717) is 5.47 Å². The summed E-state index contributed by atoms with van der Waals surface area (Å²) in [7, 11) is 1.06. The lowest BCUT2D eigenvalue weighted by molar-refractivity contribution is 0.00578. The number of methoxy groups -OCH3 is 1. The molecule has 4 nitrogen and oxygen atoms in total. The highest BCUT2D eigenvalue weighted by Gasteiger charge is 2.52. The average Bonchev–Trinajstić information content (AvgIpc) is 2.80. The molecule has 25 heavy (non-hydrogen) atoms. The molecule has 132 valence electrons. The SMILES string of the molecule is COc1ccc2ccccc2c1C=C(CO)B1OC(C)(C)C(C)(C)O1. The van der Waals surface area contributed by atoms with Crippen LogP contribution in [0.25, 0.3) is 16.8 Å². The van der Waals surface area contributed by atoms with Gasteiger partial charge in [-0.3, -0.25) is 0 Å². The Balaban J connectivity index is 2.08. The summed E-state index contributed by atoms with van der Waals surface area (Å²) in [4.78, 5) is 0. The predicted molar refractivity (Wildman–Crippen MR) is 102 cm³/mol. The maximum atomic E-state index is 9.95. The second kappa shape index (κ2) is 6.48. The van der Waals surface area contributed by atoms with Gasteiger partial charge < -0.3 is 19.2 Å². The molecule has 3 rings (SSSR count). The molecule has 0 saturated carbocycles. The monoisotopic (exact) mass is 340 g/mol. The van der Waals surface area contributed by atoms with Crippen LogP contribution < -0.4 is 4.74 Å². The van der Waals surface area contributed by atoms with E-state index >= 15 is 0 Å². The van der Waals surface area contributed by atoms with Crippen LogP contribution in [-0.2, 0) is 9.31 Å². The zero-order valence-electron chi connectivity index (χ0n) is 15.5. The summed E-state index contributed by atoms with van der Waals surface area (Å²) in [5, 5.41) is 12.1. The first kappa shape index (κ1) is 18.0. The van der Waals surface area contributed by atoms with Gasteiger partial charge in [-0.25, -0.2) is 0 Å². The first-order valence-corrected chi connectivity index (χ1v) is 8.52. The Morgan fingerprint density at radius 1 is 1.08 bits per heavy atom. The van der Waals surface area contributed by atoms with Gasteiger partial charge in [-0.1, -0.05) is 36.4 Å². The van der Waals surface area contributed by atoms with E-state index in [2.05, 4.69) is 6.07 Å². The van der Waals surface area contributed by atoms with Crippen LogP contribution >= 0.6 is 0 Å². The summed E-state index contributed by atoms with van der Waals surface area (Å²) in [5.74, 6) is 0.751. The van der Waals surface area contributed by atoms with Gasteiger partial charge in [0, 0.05) is 5.56 Å². The molecular weight excluding hydrogens is 315 g/mol. The molecule has 0 amide bonds. The molecule has 0 aliphatic carbocycles. The minimum absolute atomic E-state index is 0.150. The number of aliphatic hydroxyl groups excluding tert-OH is 1. The van der Waals surface area contributed by atoms with E-state index < -0.39 is 18.3 Å².